The SMILES string of the molecule is CCC1CSC(=Nc2ccc([N+](=O)[O-])c(C)c2C)N1C. The maximum Gasteiger partial charge on any atom is 0.272 e. The highest BCUT2D eigenvalue weighted by Crippen LogP contribution is 2.32. The van der Waals surface area contributed by atoms with E-state index in [1.165, 1.54) is 0 Å². The average molecular weight is 293 g/mol. The van der Waals surface area contributed by atoms with E-state index in [-0.39, 0.29) is 10.6 Å². The number of hydrogen-bond acceptors (Lipinski definition) is 4. The summed E-state index contributed by atoms with van der Waals surface area (Å²) in [7, 11) is 2.06. The number of hydrogen-bond donors (Lipinski definition) is 0. The van der Waals surface area contributed by atoms with Crippen LogP contribution in [0.4, 0.5) is 11.4 Å². The molecule has 1 saturated heterocycles. The first-order chi connectivity index (χ1) is 9.45. The molecule has 1 aliphatic rings. The Morgan fingerprint density at radius 1 is 1.45 bits per heavy atom. The molecule has 0 aromatic heterocycles. The quantitative estimate of drug-likeness (QED) is 0.630. The van der Waals surface area contributed by atoms with Crippen molar-refractivity contribution in [1.29, 1.82) is 0 Å². The van der Waals surface area contributed by atoms with Crippen molar-refractivity contribution in [3.05, 3.63) is 33.4 Å². The second kappa shape index (κ2) is 5.83. The fraction of sp³-hybridized carbons (Fsp3) is 0.500. The van der Waals surface area contributed by atoms with E-state index in [1.807, 2.05) is 6.92 Å². The number of nitrogens with zero attached hydrogens (tertiary/aromatic N) is 3. The van der Waals surface area contributed by atoms with Crippen LogP contribution in [0.2, 0.25) is 0 Å². The molecule has 1 aromatic carbocycles. The summed E-state index contributed by atoms with van der Waals surface area (Å²) < 4.78 is 0. The van der Waals surface area contributed by atoms with Gasteiger partial charge in [-0.05, 0) is 31.9 Å². The minimum atomic E-state index is -0.344. The van der Waals surface area contributed by atoms with Crippen LogP contribution in [0, 0.1) is 24.0 Å². The number of rotatable bonds is 3. The van der Waals surface area contributed by atoms with Crippen LogP contribution in [0.5, 0.6) is 0 Å². The lowest BCUT2D eigenvalue weighted by molar-refractivity contribution is -0.385. The molecule has 1 aliphatic heterocycles. The van der Waals surface area contributed by atoms with Crippen LogP contribution in [0.15, 0.2) is 17.1 Å². The summed E-state index contributed by atoms with van der Waals surface area (Å²) in [6, 6.07) is 3.80. The molecule has 108 valence electrons. The van der Waals surface area contributed by atoms with Gasteiger partial charge < -0.3 is 4.90 Å². The Morgan fingerprint density at radius 2 is 2.15 bits per heavy atom. The third kappa shape index (κ3) is 2.65. The fourth-order valence-electron chi connectivity index (χ4n) is 2.26. The summed E-state index contributed by atoms with van der Waals surface area (Å²) in [5.74, 6) is 1.05. The predicted octanol–water partition coefficient (Wildman–Crippen LogP) is 3.66. The molecule has 20 heavy (non-hydrogen) atoms. The molecule has 6 heteroatoms. The van der Waals surface area contributed by atoms with Crippen molar-refractivity contribution >= 4 is 28.3 Å². The average Bonchev–Trinajstić information content (AvgIpc) is 2.75. The van der Waals surface area contributed by atoms with Crippen molar-refractivity contribution in [2.75, 3.05) is 12.8 Å². The van der Waals surface area contributed by atoms with Gasteiger partial charge in [0.25, 0.3) is 5.69 Å². The molecule has 0 bridgehead atoms. The monoisotopic (exact) mass is 293 g/mol. The predicted molar refractivity (Wildman–Crippen MR) is 84.0 cm³/mol. The number of amidine groups is 1. The minimum Gasteiger partial charge on any atom is -0.350 e. The molecule has 0 aliphatic carbocycles. The first-order valence-corrected chi connectivity index (χ1v) is 7.63. The Hall–Kier alpha value is -1.56. The van der Waals surface area contributed by atoms with E-state index in [4.69, 9.17) is 0 Å². The van der Waals surface area contributed by atoms with Crippen molar-refractivity contribution in [2.45, 2.75) is 33.2 Å². The second-order valence-corrected chi connectivity index (χ2v) is 5.98. The van der Waals surface area contributed by atoms with E-state index in [1.54, 1.807) is 30.8 Å². The van der Waals surface area contributed by atoms with Crippen LogP contribution in [0.3, 0.4) is 0 Å². The van der Waals surface area contributed by atoms with Crippen molar-refractivity contribution in [3.8, 4) is 0 Å². The first-order valence-electron chi connectivity index (χ1n) is 6.64. The Kier molecular flexibility index (Phi) is 4.32. The molecule has 0 spiro atoms. The van der Waals surface area contributed by atoms with Crippen LogP contribution in [-0.2, 0) is 0 Å². The maximum absolute atomic E-state index is 10.9. The van der Waals surface area contributed by atoms with Crippen LogP contribution in [0.1, 0.15) is 24.5 Å². The van der Waals surface area contributed by atoms with Crippen LogP contribution < -0.4 is 0 Å². The largest absolute Gasteiger partial charge is 0.350 e. The number of thioether (sulfide) groups is 1. The van der Waals surface area contributed by atoms with E-state index < -0.39 is 0 Å². The molecule has 2 rings (SSSR count). The van der Waals surface area contributed by atoms with Gasteiger partial charge in [0.15, 0.2) is 5.17 Å². The molecule has 0 saturated carbocycles. The summed E-state index contributed by atoms with van der Waals surface area (Å²) in [5, 5.41) is 11.9. The van der Waals surface area contributed by atoms with Crippen molar-refractivity contribution < 1.29 is 4.92 Å². The molecule has 0 radical (unpaired) electrons. The number of nitro benzene ring substituents is 1. The van der Waals surface area contributed by atoms with E-state index in [0.717, 1.165) is 28.6 Å². The number of benzene rings is 1. The Balaban J connectivity index is 2.36. The zero-order valence-corrected chi connectivity index (χ0v) is 13.0. The van der Waals surface area contributed by atoms with Gasteiger partial charge in [0, 0.05) is 30.5 Å². The minimum absolute atomic E-state index is 0.158. The zero-order valence-electron chi connectivity index (χ0n) is 12.2. The summed E-state index contributed by atoms with van der Waals surface area (Å²) in [5.41, 5.74) is 2.54. The number of nitro groups is 1. The molecule has 5 nitrogen and oxygen atoms in total. The van der Waals surface area contributed by atoms with E-state index in [2.05, 4.69) is 23.9 Å². The lowest BCUT2D eigenvalue weighted by atomic mass is 10.1. The van der Waals surface area contributed by atoms with Crippen LogP contribution in [0.25, 0.3) is 0 Å². The molecule has 1 fully saturated rings. The van der Waals surface area contributed by atoms with Gasteiger partial charge in [-0.2, -0.15) is 0 Å². The first kappa shape index (κ1) is 14.8. The fourth-order valence-corrected chi connectivity index (χ4v) is 3.57. The van der Waals surface area contributed by atoms with Gasteiger partial charge in [0.2, 0.25) is 0 Å². The molecular formula is C14H19N3O2S. The second-order valence-electron chi connectivity index (χ2n) is 4.99. The van der Waals surface area contributed by atoms with Gasteiger partial charge in [0.05, 0.1) is 10.6 Å². The standard InChI is InChI=1S/C14H19N3O2S/c1-5-11-8-20-14(16(11)4)15-12-6-7-13(17(18)19)10(3)9(12)2/h6-7,11H,5,8H2,1-4H3. The maximum atomic E-state index is 10.9. The van der Waals surface area contributed by atoms with Gasteiger partial charge in [-0.25, -0.2) is 4.99 Å². The highest BCUT2D eigenvalue weighted by Gasteiger charge is 2.25. The summed E-state index contributed by atoms with van der Waals surface area (Å²) >= 11 is 1.75. The normalized spacial score (nSPS) is 20.7. The van der Waals surface area contributed by atoms with Gasteiger partial charge >= 0.3 is 0 Å². The van der Waals surface area contributed by atoms with Crippen molar-refractivity contribution in [1.82, 2.24) is 4.90 Å². The highest BCUT2D eigenvalue weighted by molar-refractivity contribution is 8.14. The molecule has 1 atom stereocenters. The number of aliphatic imine (C=N–C) groups is 1. The molecule has 1 aromatic rings. The van der Waals surface area contributed by atoms with Crippen molar-refractivity contribution in [3.63, 3.8) is 0 Å². The lowest BCUT2D eigenvalue weighted by Gasteiger charge is -2.19. The molecular weight excluding hydrogens is 274 g/mol. The van der Waals surface area contributed by atoms with Crippen LogP contribution >= 0.6 is 11.8 Å². The van der Waals surface area contributed by atoms with E-state index in [0.29, 0.717) is 11.6 Å². The van der Waals surface area contributed by atoms with Gasteiger partial charge in [-0.15, -0.1) is 0 Å². The van der Waals surface area contributed by atoms with Crippen LogP contribution in [-0.4, -0.2) is 33.8 Å². The highest BCUT2D eigenvalue weighted by atomic mass is 32.2. The Bertz CT molecular complexity index is 572. The summed E-state index contributed by atoms with van der Waals surface area (Å²) in [4.78, 5) is 17.5. The lowest BCUT2D eigenvalue weighted by Crippen LogP contribution is -2.28. The van der Waals surface area contributed by atoms with E-state index >= 15 is 0 Å². The molecule has 0 amide bonds. The Labute approximate surface area is 123 Å². The summed E-state index contributed by atoms with van der Waals surface area (Å²) in [6.07, 6.45) is 1.10. The Morgan fingerprint density at radius 3 is 2.70 bits per heavy atom. The van der Waals surface area contributed by atoms with Gasteiger partial charge in [-0.1, -0.05) is 18.7 Å². The molecule has 1 unspecified atom stereocenters. The topological polar surface area (TPSA) is 58.7 Å². The van der Waals surface area contributed by atoms with Crippen molar-refractivity contribution in [2.24, 2.45) is 4.99 Å². The zero-order chi connectivity index (χ0) is 14.9. The van der Waals surface area contributed by atoms with Gasteiger partial charge in [-0.3, -0.25) is 10.1 Å². The third-order valence-electron chi connectivity index (χ3n) is 3.87. The third-order valence-corrected chi connectivity index (χ3v) is 5.06. The smallest absolute Gasteiger partial charge is 0.272 e. The van der Waals surface area contributed by atoms with Gasteiger partial charge in [0.1, 0.15) is 0 Å². The summed E-state index contributed by atoms with van der Waals surface area (Å²) in [6.45, 7) is 5.84. The molecule has 0 N–H and O–H groups in total. The molecule has 1 heterocycles. The van der Waals surface area contributed by atoms with E-state index in [9.17, 15) is 10.1 Å².